The van der Waals surface area contributed by atoms with Crippen molar-refractivity contribution in [1.29, 1.82) is 0 Å². The maximum atomic E-state index is 14.8. The number of halogens is 2. The number of nitrogens with zero attached hydrogens (tertiary/aromatic N) is 5. The highest BCUT2D eigenvalue weighted by Crippen LogP contribution is 2.34. The average Bonchev–Trinajstić information content (AvgIpc) is 3.34. The van der Waals surface area contributed by atoms with E-state index in [1.807, 2.05) is 27.8 Å². The molecule has 1 unspecified atom stereocenters. The summed E-state index contributed by atoms with van der Waals surface area (Å²) in [7, 11) is 0. The molecule has 8 nitrogen and oxygen atoms in total. The standard InChI is InChI=1S/C25H25F2N5O3/c26-18-3-8-21(22(27)16-18)25-23-2-1-9-29(23)12-15-31(25)17-24(33)30-13-10-28(11-14-30)19-4-6-20(7-5-19)32(34)35/h1-9,16,25H,10-15,17H2. The SMILES string of the molecule is O=C(CN1CCn2cccc2C1c1ccc(F)cc1F)N1CCN(c2ccc([N+](=O)[O-])cc2)CC1. The van der Waals surface area contributed by atoms with E-state index in [1.165, 1.54) is 24.3 Å². The first-order valence-corrected chi connectivity index (χ1v) is 11.5. The van der Waals surface area contributed by atoms with Crippen molar-refractivity contribution < 1.29 is 18.5 Å². The summed E-state index contributed by atoms with van der Waals surface area (Å²) in [5.41, 5.74) is 2.15. The highest BCUT2D eigenvalue weighted by atomic mass is 19.1. The number of carbonyl (C=O) groups is 1. The number of carbonyl (C=O) groups excluding carboxylic acids is 1. The molecule has 0 radical (unpaired) electrons. The average molecular weight is 482 g/mol. The molecule has 1 fully saturated rings. The van der Waals surface area contributed by atoms with Gasteiger partial charge in [0.15, 0.2) is 0 Å². The number of fused-ring (bicyclic) bond motifs is 1. The van der Waals surface area contributed by atoms with Crippen LogP contribution in [0.5, 0.6) is 0 Å². The Balaban J connectivity index is 1.27. The van der Waals surface area contributed by atoms with Gasteiger partial charge in [-0.1, -0.05) is 6.07 Å². The number of nitro benzene ring substituents is 1. The van der Waals surface area contributed by atoms with Crippen molar-refractivity contribution in [2.24, 2.45) is 0 Å². The lowest BCUT2D eigenvalue weighted by Crippen LogP contribution is -2.52. The van der Waals surface area contributed by atoms with Crippen LogP contribution in [0.3, 0.4) is 0 Å². The van der Waals surface area contributed by atoms with Gasteiger partial charge in [0.2, 0.25) is 5.91 Å². The fourth-order valence-corrected chi connectivity index (χ4v) is 4.95. The van der Waals surface area contributed by atoms with Gasteiger partial charge in [-0.15, -0.1) is 0 Å². The molecule has 1 aromatic heterocycles. The Morgan fingerprint density at radius 1 is 0.971 bits per heavy atom. The van der Waals surface area contributed by atoms with Gasteiger partial charge in [0.1, 0.15) is 11.6 Å². The molecule has 0 bridgehead atoms. The topological polar surface area (TPSA) is 74.9 Å². The molecule has 35 heavy (non-hydrogen) atoms. The fraction of sp³-hybridized carbons (Fsp3) is 0.320. The Kier molecular flexibility index (Phi) is 6.21. The highest BCUT2D eigenvalue weighted by molar-refractivity contribution is 5.78. The summed E-state index contributed by atoms with van der Waals surface area (Å²) in [5, 5.41) is 10.9. The Hall–Kier alpha value is -3.79. The Bertz CT molecular complexity index is 1240. The zero-order chi connectivity index (χ0) is 24.5. The van der Waals surface area contributed by atoms with Crippen molar-refractivity contribution in [3.8, 4) is 0 Å². The molecule has 0 spiro atoms. The molecule has 3 aromatic rings. The first-order valence-electron chi connectivity index (χ1n) is 11.5. The number of non-ortho nitro benzene ring substituents is 1. The number of piperazine rings is 1. The van der Waals surface area contributed by atoms with E-state index in [4.69, 9.17) is 0 Å². The second-order valence-corrected chi connectivity index (χ2v) is 8.81. The van der Waals surface area contributed by atoms with Crippen molar-refractivity contribution in [3.05, 3.63) is 93.8 Å². The van der Waals surface area contributed by atoms with E-state index >= 15 is 0 Å². The van der Waals surface area contributed by atoms with Crippen LogP contribution in [-0.2, 0) is 11.3 Å². The molecule has 3 heterocycles. The molecule has 0 aliphatic carbocycles. The zero-order valence-corrected chi connectivity index (χ0v) is 19.0. The van der Waals surface area contributed by atoms with Crippen molar-refractivity contribution in [2.45, 2.75) is 12.6 Å². The van der Waals surface area contributed by atoms with Gasteiger partial charge in [-0.2, -0.15) is 0 Å². The maximum absolute atomic E-state index is 14.8. The Labute approximate surface area is 201 Å². The first-order chi connectivity index (χ1) is 16.9. The predicted molar refractivity (Wildman–Crippen MR) is 126 cm³/mol. The molecular weight excluding hydrogens is 456 g/mol. The largest absolute Gasteiger partial charge is 0.368 e. The molecule has 0 saturated carbocycles. The van der Waals surface area contributed by atoms with E-state index in [1.54, 1.807) is 17.0 Å². The van der Waals surface area contributed by atoms with Crippen LogP contribution in [0.25, 0.3) is 0 Å². The molecule has 1 amide bonds. The van der Waals surface area contributed by atoms with Crippen molar-refractivity contribution in [1.82, 2.24) is 14.4 Å². The minimum absolute atomic E-state index is 0.0409. The molecule has 182 valence electrons. The molecule has 2 aliphatic heterocycles. The van der Waals surface area contributed by atoms with E-state index in [2.05, 4.69) is 4.90 Å². The number of rotatable bonds is 5. The summed E-state index contributed by atoms with van der Waals surface area (Å²) in [6.07, 6.45) is 1.93. The smallest absolute Gasteiger partial charge is 0.269 e. The van der Waals surface area contributed by atoms with Gasteiger partial charge in [0.05, 0.1) is 17.5 Å². The van der Waals surface area contributed by atoms with Crippen LogP contribution in [0.2, 0.25) is 0 Å². The van der Waals surface area contributed by atoms with E-state index in [0.717, 1.165) is 17.4 Å². The second kappa shape index (κ2) is 9.46. The second-order valence-electron chi connectivity index (χ2n) is 8.81. The molecule has 5 rings (SSSR count). The summed E-state index contributed by atoms with van der Waals surface area (Å²) in [4.78, 5) is 29.5. The normalized spacial score (nSPS) is 18.4. The highest BCUT2D eigenvalue weighted by Gasteiger charge is 2.33. The van der Waals surface area contributed by atoms with E-state index in [0.29, 0.717) is 44.8 Å². The van der Waals surface area contributed by atoms with Crippen molar-refractivity contribution in [3.63, 3.8) is 0 Å². The molecule has 2 aliphatic rings. The molecule has 1 saturated heterocycles. The number of anilines is 1. The molecule has 10 heteroatoms. The van der Waals surface area contributed by atoms with Crippen LogP contribution in [0.4, 0.5) is 20.2 Å². The van der Waals surface area contributed by atoms with Crippen LogP contribution in [0, 0.1) is 21.7 Å². The fourth-order valence-electron chi connectivity index (χ4n) is 4.95. The first kappa shape index (κ1) is 23.0. The summed E-state index contributed by atoms with van der Waals surface area (Å²) in [6.45, 7) is 3.65. The Morgan fingerprint density at radius 3 is 2.40 bits per heavy atom. The zero-order valence-electron chi connectivity index (χ0n) is 19.0. The summed E-state index contributed by atoms with van der Waals surface area (Å²) in [5.74, 6) is -1.30. The van der Waals surface area contributed by atoms with Gasteiger partial charge in [0.25, 0.3) is 5.69 Å². The lowest BCUT2D eigenvalue weighted by Gasteiger charge is -2.40. The van der Waals surface area contributed by atoms with Crippen LogP contribution in [-0.4, -0.2) is 64.5 Å². The van der Waals surface area contributed by atoms with Crippen LogP contribution in [0.15, 0.2) is 60.8 Å². The quantitative estimate of drug-likeness (QED) is 0.412. The third-order valence-corrected chi connectivity index (χ3v) is 6.79. The van der Waals surface area contributed by atoms with Gasteiger partial charge in [-0.05, 0) is 30.3 Å². The van der Waals surface area contributed by atoms with Gasteiger partial charge in [-0.3, -0.25) is 19.8 Å². The van der Waals surface area contributed by atoms with Gasteiger partial charge in [0, 0.05) is 80.6 Å². The van der Waals surface area contributed by atoms with E-state index in [-0.39, 0.29) is 18.1 Å². The lowest BCUT2D eigenvalue weighted by molar-refractivity contribution is -0.384. The van der Waals surface area contributed by atoms with E-state index in [9.17, 15) is 23.7 Å². The summed E-state index contributed by atoms with van der Waals surface area (Å²) < 4.78 is 30.4. The number of nitro groups is 1. The molecular formula is C25H25F2N5O3. The van der Waals surface area contributed by atoms with Gasteiger partial charge >= 0.3 is 0 Å². The van der Waals surface area contributed by atoms with Gasteiger partial charge < -0.3 is 14.4 Å². The third-order valence-electron chi connectivity index (χ3n) is 6.79. The number of hydrogen-bond donors (Lipinski definition) is 0. The van der Waals surface area contributed by atoms with Crippen molar-refractivity contribution >= 4 is 17.3 Å². The summed E-state index contributed by atoms with van der Waals surface area (Å²) >= 11 is 0. The number of aromatic nitrogens is 1. The van der Waals surface area contributed by atoms with Crippen LogP contribution < -0.4 is 4.90 Å². The number of benzene rings is 2. The number of hydrogen-bond acceptors (Lipinski definition) is 5. The van der Waals surface area contributed by atoms with Gasteiger partial charge in [-0.25, -0.2) is 8.78 Å². The lowest BCUT2D eigenvalue weighted by atomic mass is 9.99. The summed E-state index contributed by atoms with van der Waals surface area (Å²) in [6, 6.07) is 13.3. The minimum atomic E-state index is -0.633. The van der Waals surface area contributed by atoms with E-state index < -0.39 is 22.6 Å². The van der Waals surface area contributed by atoms with Crippen LogP contribution >= 0.6 is 0 Å². The number of amides is 1. The predicted octanol–water partition coefficient (Wildman–Crippen LogP) is 3.43. The molecule has 1 atom stereocenters. The molecule has 2 aromatic carbocycles. The maximum Gasteiger partial charge on any atom is 0.269 e. The van der Waals surface area contributed by atoms with Crippen molar-refractivity contribution in [2.75, 3.05) is 44.2 Å². The Morgan fingerprint density at radius 2 is 1.71 bits per heavy atom. The monoisotopic (exact) mass is 481 g/mol. The third kappa shape index (κ3) is 4.61. The van der Waals surface area contributed by atoms with Crippen LogP contribution in [0.1, 0.15) is 17.3 Å². The molecule has 0 N–H and O–H groups in total. The minimum Gasteiger partial charge on any atom is -0.368 e.